The number of carbonyl (C=O) groups is 2. The Morgan fingerprint density at radius 2 is 2.04 bits per heavy atom. The monoisotopic (exact) mass is 336 g/mol. The zero-order valence-electron chi connectivity index (χ0n) is 14.1. The number of rotatable bonds is 6. The number of primary amides is 1. The molecule has 0 spiro atoms. The van der Waals surface area contributed by atoms with Gasteiger partial charge in [-0.05, 0) is 19.1 Å². The quantitative estimate of drug-likeness (QED) is 0.816. The summed E-state index contributed by atoms with van der Waals surface area (Å²) in [5.74, 6) is -0.0483. The summed E-state index contributed by atoms with van der Waals surface area (Å²) in [5, 5.41) is 0. The van der Waals surface area contributed by atoms with Gasteiger partial charge in [-0.25, -0.2) is 0 Å². The van der Waals surface area contributed by atoms with Crippen LogP contribution in [-0.4, -0.2) is 62.3 Å². The normalized spacial score (nSPS) is 21.2. The maximum absolute atomic E-state index is 12.5. The molecular weight excluding hydrogens is 312 g/mol. The van der Waals surface area contributed by atoms with Crippen LogP contribution in [0.2, 0.25) is 0 Å². The second kappa shape index (κ2) is 8.12. The molecule has 2 amide bonds. The number of ether oxygens (including phenoxy) is 3. The lowest BCUT2D eigenvalue weighted by Crippen LogP contribution is -2.50. The van der Waals surface area contributed by atoms with Gasteiger partial charge in [0.05, 0.1) is 26.2 Å². The van der Waals surface area contributed by atoms with Gasteiger partial charge < -0.3 is 24.8 Å². The molecule has 1 fully saturated rings. The average molecular weight is 336 g/mol. The fourth-order valence-electron chi connectivity index (χ4n) is 2.61. The van der Waals surface area contributed by atoms with Crippen molar-refractivity contribution in [1.82, 2.24) is 4.90 Å². The number of nitrogens with two attached hydrogens (primary N) is 1. The van der Waals surface area contributed by atoms with Crippen LogP contribution in [0, 0.1) is 6.92 Å². The first-order chi connectivity index (χ1) is 11.4. The first kappa shape index (κ1) is 18.2. The average Bonchev–Trinajstić information content (AvgIpc) is 2.77. The van der Waals surface area contributed by atoms with Crippen molar-refractivity contribution in [2.45, 2.75) is 18.9 Å². The van der Waals surface area contributed by atoms with Gasteiger partial charge in [-0.1, -0.05) is 17.7 Å². The summed E-state index contributed by atoms with van der Waals surface area (Å²) in [6.45, 7) is 3.15. The van der Waals surface area contributed by atoms with E-state index in [9.17, 15) is 9.59 Å². The van der Waals surface area contributed by atoms with Gasteiger partial charge in [0.1, 0.15) is 11.4 Å². The third-order valence-corrected chi connectivity index (χ3v) is 4.02. The fourth-order valence-corrected chi connectivity index (χ4v) is 2.61. The van der Waals surface area contributed by atoms with Gasteiger partial charge in [-0.3, -0.25) is 9.59 Å². The highest BCUT2D eigenvalue weighted by Gasteiger charge is 2.38. The first-order valence-corrected chi connectivity index (χ1v) is 7.82. The third-order valence-electron chi connectivity index (χ3n) is 4.02. The van der Waals surface area contributed by atoms with Crippen molar-refractivity contribution < 1.29 is 23.8 Å². The maximum Gasteiger partial charge on any atom is 0.260 e. The van der Waals surface area contributed by atoms with E-state index in [1.165, 1.54) is 7.11 Å². The highest BCUT2D eigenvalue weighted by atomic mass is 16.5. The summed E-state index contributed by atoms with van der Waals surface area (Å²) in [7, 11) is 1.49. The Bertz CT molecular complexity index is 575. The van der Waals surface area contributed by atoms with Gasteiger partial charge in [0.15, 0.2) is 6.61 Å². The summed E-state index contributed by atoms with van der Waals surface area (Å²) in [6, 6.07) is 7.48. The van der Waals surface area contributed by atoms with Crippen LogP contribution in [0.25, 0.3) is 0 Å². The van der Waals surface area contributed by atoms with Gasteiger partial charge in [0.2, 0.25) is 5.91 Å². The second-order valence-electron chi connectivity index (χ2n) is 6.00. The largest absolute Gasteiger partial charge is 0.484 e. The van der Waals surface area contributed by atoms with Gasteiger partial charge in [-0.15, -0.1) is 0 Å². The summed E-state index contributed by atoms with van der Waals surface area (Å²) in [5.41, 5.74) is 5.51. The van der Waals surface area contributed by atoms with Crippen LogP contribution in [0.5, 0.6) is 5.75 Å². The van der Waals surface area contributed by atoms with Crippen molar-refractivity contribution in [1.29, 1.82) is 0 Å². The van der Waals surface area contributed by atoms with E-state index >= 15 is 0 Å². The van der Waals surface area contributed by atoms with Crippen LogP contribution in [0.1, 0.15) is 12.0 Å². The lowest BCUT2D eigenvalue weighted by molar-refractivity contribution is -0.140. The highest BCUT2D eigenvalue weighted by molar-refractivity contribution is 5.78. The fraction of sp³-hybridized carbons (Fsp3) is 0.529. The molecule has 0 saturated carbocycles. The lowest BCUT2D eigenvalue weighted by atomic mass is 9.99. The molecule has 1 saturated heterocycles. The Morgan fingerprint density at radius 1 is 1.33 bits per heavy atom. The molecule has 0 radical (unpaired) electrons. The third kappa shape index (κ3) is 4.94. The van der Waals surface area contributed by atoms with E-state index in [0.717, 1.165) is 5.56 Å². The van der Waals surface area contributed by atoms with E-state index in [4.69, 9.17) is 19.9 Å². The maximum atomic E-state index is 12.5. The molecule has 1 aromatic rings. The summed E-state index contributed by atoms with van der Waals surface area (Å²) in [4.78, 5) is 25.4. The Labute approximate surface area is 141 Å². The van der Waals surface area contributed by atoms with Crippen LogP contribution in [0.15, 0.2) is 24.3 Å². The molecule has 7 nitrogen and oxygen atoms in total. The zero-order valence-corrected chi connectivity index (χ0v) is 14.1. The van der Waals surface area contributed by atoms with Gasteiger partial charge in [0, 0.05) is 13.7 Å². The summed E-state index contributed by atoms with van der Waals surface area (Å²) in [6.07, 6.45) is -0.00784. The SMILES string of the molecule is COC1(CC(N)=O)COCCN(C(=O)COc2ccc(C)cc2)C1. The van der Waals surface area contributed by atoms with E-state index in [-0.39, 0.29) is 32.1 Å². The number of hydrogen-bond acceptors (Lipinski definition) is 5. The van der Waals surface area contributed by atoms with Crippen LogP contribution >= 0.6 is 0 Å². The summed E-state index contributed by atoms with van der Waals surface area (Å²) >= 11 is 0. The van der Waals surface area contributed by atoms with Crippen molar-refractivity contribution >= 4 is 11.8 Å². The molecule has 2 rings (SSSR count). The number of methoxy groups -OCH3 is 1. The molecule has 2 N–H and O–H groups in total. The Kier molecular flexibility index (Phi) is 6.16. The van der Waals surface area contributed by atoms with Gasteiger partial charge in [0.25, 0.3) is 5.91 Å². The van der Waals surface area contributed by atoms with E-state index < -0.39 is 11.5 Å². The van der Waals surface area contributed by atoms with Crippen LogP contribution in [-0.2, 0) is 19.1 Å². The molecule has 1 heterocycles. The molecule has 1 unspecified atom stereocenters. The molecule has 0 aromatic heterocycles. The van der Waals surface area contributed by atoms with Crippen molar-refractivity contribution in [3.05, 3.63) is 29.8 Å². The smallest absolute Gasteiger partial charge is 0.260 e. The Morgan fingerprint density at radius 3 is 2.67 bits per heavy atom. The van der Waals surface area contributed by atoms with Crippen molar-refractivity contribution in [2.75, 3.05) is 40.0 Å². The van der Waals surface area contributed by atoms with E-state index in [1.54, 1.807) is 4.90 Å². The zero-order chi connectivity index (χ0) is 17.6. The Balaban J connectivity index is 1.98. The molecule has 1 aliphatic heterocycles. The minimum atomic E-state index is -0.915. The van der Waals surface area contributed by atoms with E-state index in [0.29, 0.717) is 18.9 Å². The van der Waals surface area contributed by atoms with Crippen molar-refractivity contribution in [2.24, 2.45) is 5.73 Å². The molecule has 1 aliphatic rings. The Hall–Kier alpha value is -2.12. The number of amides is 2. The van der Waals surface area contributed by atoms with Crippen molar-refractivity contribution in [3.8, 4) is 5.75 Å². The van der Waals surface area contributed by atoms with Crippen LogP contribution in [0.4, 0.5) is 0 Å². The molecule has 132 valence electrons. The second-order valence-corrected chi connectivity index (χ2v) is 6.00. The number of hydrogen-bond donors (Lipinski definition) is 1. The van der Waals surface area contributed by atoms with E-state index in [2.05, 4.69) is 0 Å². The van der Waals surface area contributed by atoms with Crippen molar-refractivity contribution in [3.63, 3.8) is 0 Å². The standard InChI is InChI=1S/C17H24N2O5/c1-13-3-5-14(6-4-13)24-10-16(21)19-7-8-23-12-17(11-19,22-2)9-15(18)20/h3-6H,7-12H2,1-2H3,(H2,18,20). The van der Waals surface area contributed by atoms with Crippen LogP contribution in [0.3, 0.4) is 0 Å². The predicted molar refractivity (Wildman–Crippen MR) is 87.6 cm³/mol. The minimum absolute atomic E-state index is 0.00784. The number of carbonyl (C=O) groups excluding carboxylic acids is 2. The molecule has 0 aliphatic carbocycles. The van der Waals surface area contributed by atoms with Gasteiger partial charge >= 0.3 is 0 Å². The predicted octanol–water partition coefficient (Wildman–Crippen LogP) is 0.493. The van der Waals surface area contributed by atoms with Gasteiger partial charge in [-0.2, -0.15) is 0 Å². The molecule has 1 aromatic carbocycles. The highest BCUT2D eigenvalue weighted by Crippen LogP contribution is 2.21. The summed E-state index contributed by atoms with van der Waals surface area (Å²) < 4.78 is 16.5. The molecule has 7 heteroatoms. The number of nitrogens with zero attached hydrogens (tertiary/aromatic N) is 1. The first-order valence-electron chi connectivity index (χ1n) is 7.82. The lowest BCUT2D eigenvalue weighted by Gasteiger charge is -2.33. The molecule has 0 bridgehead atoms. The molecule has 1 atom stereocenters. The minimum Gasteiger partial charge on any atom is -0.484 e. The number of aryl methyl sites for hydroxylation is 1. The molecular formula is C17H24N2O5. The molecule has 24 heavy (non-hydrogen) atoms. The van der Waals surface area contributed by atoms with Crippen LogP contribution < -0.4 is 10.5 Å². The van der Waals surface area contributed by atoms with E-state index in [1.807, 2.05) is 31.2 Å². The number of benzene rings is 1. The topological polar surface area (TPSA) is 91.1 Å².